The van der Waals surface area contributed by atoms with E-state index in [9.17, 15) is 13.6 Å². The molecule has 4 nitrogen and oxygen atoms in total. The number of aromatic nitrogens is 2. The van der Waals surface area contributed by atoms with Crippen LogP contribution in [-0.4, -0.2) is 26.3 Å². The van der Waals surface area contributed by atoms with Gasteiger partial charge in [0.15, 0.2) is 0 Å². The fourth-order valence-corrected chi connectivity index (χ4v) is 3.45. The second-order valence-electron chi connectivity index (χ2n) is 4.76. The zero-order valence-corrected chi connectivity index (χ0v) is 11.7. The molecule has 1 heterocycles. The van der Waals surface area contributed by atoms with Gasteiger partial charge in [-0.3, -0.25) is 0 Å². The maximum atomic E-state index is 12.8. The minimum Gasteiger partial charge on any atom is -0.478 e. The monoisotopic (exact) mass is 302 g/mol. The van der Waals surface area contributed by atoms with E-state index in [1.165, 1.54) is 19.3 Å². The molecule has 0 radical (unpaired) electrons. The number of hydrogen-bond acceptors (Lipinski definition) is 4. The molecule has 1 aromatic rings. The summed E-state index contributed by atoms with van der Waals surface area (Å²) in [7, 11) is 0. The molecule has 110 valence electrons. The van der Waals surface area contributed by atoms with Crippen LogP contribution in [0.2, 0.25) is 0 Å². The lowest BCUT2D eigenvalue weighted by Crippen LogP contribution is -2.11. The van der Waals surface area contributed by atoms with Gasteiger partial charge in [-0.05, 0) is 12.8 Å². The van der Waals surface area contributed by atoms with E-state index in [2.05, 4.69) is 9.97 Å². The Morgan fingerprint density at radius 2 is 2.10 bits per heavy atom. The zero-order chi connectivity index (χ0) is 14.5. The highest BCUT2D eigenvalue weighted by Gasteiger charge is 2.21. The molecule has 0 saturated heterocycles. The molecule has 1 N–H and O–H groups in total. The first-order valence-electron chi connectivity index (χ1n) is 6.56. The van der Waals surface area contributed by atoms with E-state index in [0.29, 0.717) is 11.0 Å². The summed E-state index contributed by atoms with van der Waals surface area (Å²) in [5.74, 6) is -0.697. The predicted octanol–water partition coefficient (Wildman–Crippen LogP) is 3.68. The van der Waals surface area contributed by atoms with E-state index in [0.717, 1.165) is 19.0 Å². The Hall–Kier alpha value is -1.24. The van der Waals surface area contributed by atoms with Gasteiger partial charge in [-0.1, -0.05) is 19.3 Å². The fourth-order valence-electron chi connectivity index (χ4n) is 2.26. The number of carbonyl (C=O) groups is 1. The van der Waals surface area contributed by atoms with Gasteiger partial charge in [-0.25, -0.2) is 23.5 Å². The van der Waals surface area contributed by atoms with Crippen molar-refractivity contribution in [2.24, 2.45) is 0 Å². The number of carboxylic acid groups (broad SMARTS) is 1. The second kappa shape index (κ2) is 6.97. The van der Waals surface area contributed by atoms with Crippen molar-refractivity contribution in [1.82, 2.24) is 9.97 Å². The van der Waals surface area contributed by atoms with E-state index >= 15 is 0 Å². The van der Waals surface area contributed by atoms with Crippen LogP contribution in [-0.2, 0) is 5.75 Å². The Labute approximate surface area is 120 Å². The van der Waals surface area contributed by atoms with Crippen molar-refractivity contribution in [1.29, 1.82) is 0 Å². The smallest absolute Gasteiger partial charge is 0.339 e. The third kappa shape index (κ3) is 3.88. The van der Waals surface area contributed by atoms with Gasteiger partial charge in [0.1, 0.15) is 17.1 Å². The molecule has 1 aromatic heterocycles. The standard InChI is InChI=1S/C13H16F2N2O2S/c14-12(15)11-9(13(18)19)6-16-10(17-11)7-20-8-4-2-1-3-5-8/h6,8,12H,1-5,7H2,(H,18,19). The molecule has 0 amide bonds. The maximum Gasteiger partial charge on any atom is 0.339 e. The highest BCUT2D eigenvalue weighted by Crippen LogP contribution is 2.30. The first kappa shape index (κ1) is 15.2. The van der Waals surface area contributed by atoms with E-state index in [-0.39, 0.29) is 5.82 Å². The summed E-state index contributed by atoms with van der Waals surface area (Å²) >= 11 is 1.67. The van der Waals surface area contributed by atoms with E-state index in [1.807, 2.05) is 0 Å². The molecule has 2 rings (SSSR count). The van der Waals surface area contributed by atoms with Gasteiger partial charge in [-0.15, -0.1) is 0 Å². The summed E-state index contributed by atoms with van der Waals surface area (Å²) in [6.45, 7) is 0. The Kier molecular flexibility index (Phi) is 5.28. The van der Waals surface area contributed by atoms with Crippen LogP contribution in [0.5, 0.6) is 0 Å². The van der Waals surface area contributed by atoms with Gasteiger partial charge < -0.3 is 5.11 Å². The normalized spacial score (nSPS) is 16.6. The van der Waals surface area contributed by atoms with Gasteiger partial charge in [0.05, 0.1) is 5.75 Å². The SMILES string of the molecule is O=C(O)c1cnc(CSC2CCCCC2)nc1C(F)F. The number of hydrogen-bond donors (Lipinski definition) is 1. The first-order chi connectivity index (χ1) is 9.58. The van der Waals surface area contributed by atoms with Crippen molar-refractivity contribution in [3.8, 4) is 0 Å². The van der Waals surface area contributed by atoms with E-state index in [1.54, 1.807) is 11.8 Å². The van der Waals surface area contributed by atoms with Crippen LogP contribution in [0.25, 0.3) is 0 Å². The number of alkyl halides is 2. The molecule has 0 bridgehead atoms. The quantitative estimate of drug-likeness (QED) is 0.899. The molecular weight excluding hydrogens is 286 g/mol. The minimum atomic E-state index is -2.90. The van der Waals surface area contributed by atoms with Crippen molar-refractivity contribution >= 4 is 17.7 Å². The average Bonchev–Trinajstić information content (AvgIpc) is 2.45. The first-order valence-corrected chi connectivity index (χ1v) is 7.61. The number of carboxylic acids is 1. The van der Waals surface area contributed by atoms with Crippen LogP contribution in [0, 0.1) is 0 Å². The summed E-state index contributed by atoms with van der Waals surface area (Å²) in [5.41, 5.74) is -1.21. The molecule has 7 heteroatoms. The Morgan fingerprint density at radius 1 is 1.40 bits per heavy atom. The molecule has 0 spiro atoms. The molecule has 1 fully saturated rings. The van der Waals surface area contributed by atoms with Crippen LogP contribution in [0.3, 0.4) is 0 Å². The van der Waals surface area contributed by atoms with Crippen LogP contribution < -0.4 is 0 Å². The average molecular weight is 302 g/mol. The molecule has 1 saturated carbocycles. The summed E-state index contributed by atoms with van der Waals surface area (Å²) < 4.78 is 25.6. The number of rotatable bonds is 5. The third-order valence-electron chi connectivity index (χ3n) is 3.31. The number of halogens is 2. The van der Waals surface area contributed by atoms with Gasteiger partial charge in [-0.2, -0.15) is 11.8 Å². The Morgan fingerprint density at radius 3 is 2.70 bits per heavy atom. The van der Waals surface area contributed by atoms with Crippen LogP contribution >= 0.6 is 11.8 Å². The van der Waals surface area contributed by atoms with E-state index < -0.39 is 23.7 Å². The fraction of sp³-hybridized carbons (Fsp3) is 0.615. The van der Waals surface area contributed by atoms with Crippen molar-refractivity contribution < 1.29 is 18.7 Å². The van der Waals surface area contributed by atoms with Crippen molar-refractivity contribution in [3.05, 3.63) is 23.3 Å². The van der Waals surface area contributed by atoms with Crippen LogP contribution in [0.4, 0.5) is 8.78 Å². The number of aromatic carboxylic acids is 1. The Bertz CT molecular complexity index is 479. The second-order valence-corrected chi connectivity index (χ2v) is 6.05. The highest BCUT2D eigenvalue weighted by molar-refractivity contribution is 7.99. The summed E-state index contributed by atoms with van der Waals surface area (Å²) in [5, 5.41) is 9.35. The van der Waals surface area contributed by atoms with Gasteiger partial charge >= 0.3 is 5.97 Å². The summed E-state index contributed by atoms with van der Waals surface area (Å²) in [4.78, 5) is 18.4. The van der Waals surface area contributed by atoms with Crippen LogP contribution in [0.1, 0.15) is 60.4 Å². The lowest BCUT2D eigenvalue weighted by molar-refractivity contribution is 0.0681. The Balaban J connectivity index is 2.04. The lowest BCUT2D eigenvalue weighted by atomic mass is 10.0. The predicted molar refractivity (Wildman–Crippen MR) is 72.1 cm³/mol. The molecule has 0 unspecified atom stereocenters. The molecular formula is C13H16F2N2O2S. The molecule has 1 aliphatic carbocycles. The molecule has 20 heavy (non-hydrogen) atoms. The minimum absolute atomic E-state index is 0.279. The number of thioether (sulfide) groups is 1. The lowest BCUT2D eigenvalue weighted by Gasteiger charge is -2.20. The zero-order valence-electron chi connectivity index (χ0n) is 10.9. The summed E-state index contributed by atoms with van der Waals surface area (Å²) in [6.07, 6.45) is 4.03. The van der Waals surface area contributed by atoms with Gasteiger partial charge in [0, 0.05) is 11.4 Å². The van der Waals surface area contributed by atoms with Crippen molar-refractivity contribution in [2.45, 2.75) is 49.5 Å². The van der Waals surface area contributed by atoms with Gasteiger partial charge in [0.25, 0.3) is 6.43 Å². The third-order valence-corrected chi connectivity index (χ3v) is 4.67. The van der Waals surface area contributed by atoms with Crippen LogP contribution in [0.15, 0.2) is 6.20 Å². The number of nitrogens with zero attached hydrogens (tertiary/aromatic N) is 2. The summed E-state index contributed by atoms with van der Waals surface area (Å²) in [6, 6.07) is 0. The largest absolute Gasteiger partial charge is 0.478 e. The van der Waals surface area contributed by atoms with Crippen molar-refractivity contribution in [3.63, 3.8) is 0 Å². The topological polar surface area (TPSA) is 63.1 Å². The van der Waals surface area contributed by atoms with E-state index in [4.69, 9.17) is 5.11 Å². The van der Waals surface area contributed by atoms with Gasteiger partial charge in [0.2, 0.25) is 0 Å². The molecule has 0 aliphatic heterocycles. The van der Waals surface area contributed by atoms with Crippen molar-refractivity contribution in [2.75, 3.05) is 0 Å². The molecule has 0 aromatic carbocycles. The molecule has 0 atom stereocenters. The highest BCUT2D eigenvalue weighted by atomic mass is 32.2. The maximum absolute atomic E-state index is 12.8. The molecule has 1 aliphatic rings.